The minimum absolute atomic E-state index is 0.0739. The Morgan fingerprint density at radius 2 is 1.67 bits per heavy atom. The Labute approximate surface area is 176 Å². The fourth-order valence-electron chi connectivity index (χ4n) is 2.84. The van der Waals surface area contributed by atoms with E-state index < -0.39 is 35.2 Å². The number of Topliss-reactive ketones (excluding diaryl/α,β-unsaturated/α-hetero) is 1. The topological polar surface area (TPSA) is 113 Å². The minimum Gasteiger partial charge on any atom is -0.454 e. The van der Waals surface area contributed by atoms with Crippen molar-refractivity contribution in [2.45, 2.75) is 6.54 Å². The van der Waals surface area contributed by atoms with Gasteiger partial charge in [-0.1, -0.05) is 41.9 Å². The highest BCUT2D eigenvalue weighted by Crippen LogP contribution is 2.12. The van der Waals surface area contributed by atoms with E-state index in [4.69, 9.17) is 22.1 Å². The summed E-state index contributed by atoms with van der Waals surface area (Å²) in [6.45, 7) is -0.630. The molecule has 0 aliphatic rings. The van der Waals surface area contributed by atoms with Crippen molar-refractivity contribution in [1.29, 1.82) is 0 Å². The summed E-state index contributed by atoms with van der Waals surface area (Å²) in [7, 11) is 1.25. The van der Waals surface area contributed by atoms with Crippen LogP contribution in [0.3, 0.4) is 0 Å². The van der Waals surface area contributed by atoms with Crippen molar-refractivity contribution in [3.05, 3.63) is 97.1 Å². The summed E-state index contributed by atoms with van der Waals surface area (Å²) in [6, 6.07) is 14.9. The number of nitrogens with zero attached hydrogens (tertiary/aromatic N) is 2. The standard InChI is InChI=1S/C21H18ClN3O5/c1-24-19(27)17(16(26)12-30-20(28)14-7-9-15(22)10-8-14)18(23)25(21(24)29)11-13-5-3-2-4-6-13/h2-10H,11-12,23H2,1H3. The van der Waals surface area contributed by atoms with Crippen LogP contribution in [0.1, 0.15) is 26.3 Å². The van der Waals surface area contributed by atoms with E-state index in [1.54, 1.807) is 24.3 Å². The van der Waals surface area contributed by atoms with E-state index in [1.165, 1.54) is 31.3 Å². The van der Waals surface area contributed by atoms with E-state index in [0.717, 1.165) is 14.7 Å². The summed E-state index contributed by atoms with van der Waals surface area (Å²) in [5.74, 6) is -1.84. The van der Waals surface area contributed by atoms with E-state index in [-0.39, 0.29) is 17.9 Å². The first-order valence-corrected chi connectivity index (χ1v) is 9.26. The molecule has 0 atom stereocenters. The zero-order valence-corrected chi connectivity index (χ0v) is 16.8. The summed E-state index contributed by atoms with van der Waals surface area (Å²) >= 11 is 5.77. The molecule has 30 heavy (non-hydrogen) atoms. The van der Waals surface area contributed by atoms with Crippen LogP contribution in [-0.4, -0.2) is 27.5 Å². The summed E-state index contributed by atoms with van der Waals surface area (Å²) < 4.78 is 6.93. The molecule has 154 valence electrons. The molecule has 3 aromatic rings. The number of carbonyl (C=O) groups is 2. The normalized spacial score (nSPS) is 10.6. The third kappa shape index (κ3) is 4.33. The van der Waals surface area contributed by atoms with Gasteiger partial charge in [0.15, 0.2) is 6.61 Å². The van der Waals surface area contributed by atoms with Crippen LogP contribution in [0.4, 0.5) is 5.82 Å². The number of ketones is 1. The number of rotatable bonds is 6. The van der Waals surface area contributed by atoms with Crippen molar-refractivity contribution in [2.75, 3.05) is 12.3 Å². The van der Waals surface area contributed by atoms with Crippen LogP contribution in [0.25, 0.3) is 0 Å². The number of halogens is 1. The molecule has 0 spiro atoms. The fraction of sp³-hybridized carbons (Fsp3) is 0.143. The molecular formula is C21H18ClN3O5. The molecule has 0 radical (unpaired) electrons. The van der Waals surface area contributed by atoms with E-state index >= 15 is 0 Å². The Morgan fingerprint density at radius 1 is 1.03 bits per heavy atom. The lowest BCUT2D eigenvalue weighted by Gasteiger charge is -2.14. The van der Waals surface area contributed by atoms with Crippen molar-refractivity contribution in [2.24, 2.45) is 7.05 Å². The number of aromatic nitrogens is 2. The Balaban J connectivity index is 1.88. The second-order valence-electron chi connectivity index (χ2n) is 6.48. The SMILES string of the molecule is Cn1c(=O)c(C(=O)COC(=O)c2ccc(Cl)cc2)c(N)n(Cc2ccccc2)c1=O. The molecule has 2 aromatic carbocycles. The first-order chi connectivity index (χ1) is 14.3. The fourth-order valence-corrected chi connectivity index (χ4v) is 2.96. The van der Waals surface area contributed by atoms with Crippen LogP contribution in [0, 0.1) is 0 Å². The van der Waals surface area contributed by atoms with E-state index in [2.05, 4.69) is 0 Å². The van der Waals surface area contributed by atoms with Gasteiger partial charge in [-0.2, -0.15) is 0 Å². The van der Waals surface area contributed by atoms with Gasteiger partial charge in [0, 0.05) is 12.1 Å². The largest absolute Gasteiger partial charge is 0.454 e. The zero-order valence-electron chi connectivity index (χ0n) is 16.0. The van der Waals surface area contributed by atoms with Crippen LogP contribution in [0.15, 0.2) is 64.2 Å². The van der Waals surface area contributed by atoms with Crippen molar-refractivity contribution in [3.63, 3.8) is 0 Å². The second kappa shape index (κ2) is 8.79. The maximum absolute atomic E-state index is 12.6. The van der Waals surface area contributed by atoms with Gasteiger partial charge in [0.25, 0.3) is 5.56 Å². The lowest BCUT2D eigenvalue weighted by Crippen LogP contribution is -2.43. The van der Waals surface area contributed by atoms with Crippen molar-refractivity contribution >= 4 is 29.2 Å². The summed E-state index contributed by atoms with van der Waals surface area (Å²) in [4.78, 5) is 49.7. The quantitative estimate of drug-likeness (QED) is 0.474. The van der Waals surface area contributed by atoms with Crippen LogP contribution in [0.5, 0.6) is 0 Å². The maximum Gasteiger partial charge on any atom is 0.338 e. The predicted molar refractivity (Wildman–Crippen MR) is 112 cm³/mol. The highest BCUT2D eigenvalue weighted by atomic mass is 35.5. The van der Waals surface area contributed by atoms with Gasteiger partial charge < -0.3 is 10.5 Å². The number of nitrogens with two attached hydrogens (primary N) is 1. The van der Waals surface area contributed by atoms with E-state index in [9.17, 15) is 19.2 Å². The molecule has 0 saturated carbocycles. The number of ether oxygens (including phenoxy) is 1. The number of anilines is 1. The molecule has 9 heteroatoms. The van der Waals surface area contributed by atoms with Crippen molar-refractivity contribution in [3.8, 4) is 0 Å². The van der Waals surface area contributed by atoms with Crippen molar-refractivity contribution < 1.29 is 14.3 Å². The smallest absolute Gasteiger partial charge is 0.338 e. The van der Waals surface area contributed by atoms with Gasteiger partial charge in [-0.25, -0.2) is 9.59 Å². The van der Waals surface area contributed by atoms with Gasteiger partial charge >= 0.3 is 11.7 Å². The molecular weight excluding hydrogens is 410 g/mol. The molecule has 8 nitrogen and oxygen atoms in total. The lowest BCUT2D eigenvalue weighted by molar-refractivity contribution is 0.0474. The summed E-state index contributed by atoms with van der Waals surface area (Å²) in [5, 5.41) is 0.444. The molecule has 1 heterocycles. The number of carbonyl (C=O) groups excluding carboxylic acids is 2. The molecule has 0 fully saturated rings. The minimum atomic E-state index is -0.852. The molecule has 0 saturated heterocycles. The molecule has 1 aromatic heterocycles. The van der Waals surface area contributed by atoms with Crippen LogP contribution >= 0.6 is 11.6 Å². The van der Waals surface area contributed by atoms with Gasteiger partial charge in [-0.05, 0) is 29.8 Å². The number of benzene rings is 2. The Morgan fingerprint density at radius 3 is 2.30 bits per heavy atom. The molecule has 0 amide bonds. The third-order valence-corrected chi connectivity index (χ3v) is 4.71. The maximum atomic E-state index is 12.6. The zero-order chi connectivity index (χ0) is 21.8. The van der Waals surface area contributed by atoms with Crippen LogP contribution < -0.4 is 17.0 Å². The van der Waals surface area contributed by atoms with E-state index in [0.29, 0.717) is 5.02 Å². The number of hydrogen-bond donors (Lipinski definition) is 1. The van der Waals surface area contributed by atoms with Gasteiger partial charge in [0.2, 0.25) is 5.78 Å². The Kier molecular flexibility index (Phi) is 6.17. The third-order valence-electron chi connectivity index (χ3n) is 4.46. The van der Waals surface area contributed by atoms with Crippen LogP contribution in [-0.2, 0) is 18.3 Å². The first kappa shape index (κ1) is 21.1. The molecule has 0 unspecified atom stereocenters. The monoisotopic (exact) mass is 427 g/mol. The number of esters is 1. The molecule has 3 rings (SSSR count). The molecule has 2 N–H and O–H groups in total. The predicted octanol–water partition coefficient (Wildman–Crippen LogP) is 1.87. The van der Waals surface area contributed by atoms with Gasteiger partial charge in [0.1, 0.15) is 11.4 Å². The average molecular weight is 428 g/mol. The summed E-state index contributed by atoms with van der Waals surface area (Å²) in [6.07, 6.45) is 0. The van der Waals surface area contributed by atoms with Crippen LogP contribution in [0.2, 0.25) is 5.02 Å². The Hall–Kier alpha value is -3.65. The average Bonchev–Trinajstić information content (AvgIpc) is 2.75. The van der Waals surface area contributed by atoms with E-state index in [1.807, 2.05) is 6.07 Å². The van der Waals surface area contributed by atoms with Gasteiger partial charge in [0.05, 0.1) is 12.1 Å². The first-order valence-electron chi connectivity index (χ1n) is 8.88. The Bertz CT molecular complexity index is 1210. The number of hydrogen-bond acceptors (Lipinski definition) is 6. The molecule has 0 aliphatic carbocycles. The second-order valence-corrected chi connectivity index (χ2v) is 6.92. The lowest BCUT2D eigenvalue weighted by atomic mass is 10.2. The number of nitrogen functional groups attached to an aromatic ring is 1. The van der Waals surface area contributed by atoms with Crippen molar-refractivity contribution in [1.82, 2.24) is 9.13 Å². The summed E-state index contributed by atoms with van der Waals surface area (Å²) in [5.41, 5.74) is 5.05. The van der Waals surface area contributed by atoms with Gasteiger partial charge in [-0.3, -0.25) is 18.7 Å². The molecule has 0 bridgehead atoms. The highest BCUT2D eigenvalue weighted by Gasteiger charge is 2.23. The van der Waals surface area contributed by atoms with Gasteiger partial charge in [-0.15, -0.1) is 0 Å². The molecule has 0 aliphatic heterocycles. The highest BCUT2D eigenvalue weighted by molar-refractivity contribution is 6.30.